The van der Waals surface area contributed by atoms with Gasteiger partial charge >= 0.3 is 5.97 Å². The lowest BCUT2D eigenvalue weighted by Gasteiger charge is -2.31. The van der Waals surface area contributed by atoms with Crippen molar-refractivity contribution in [2.45, 2.75) is 44.6 Å². The third-order valence-electron chi connectivity index (χ3n) is 3.67. The number of carboxylic acid groups (broad SMARTS) is 1. The molecule has 1 amide bonds. The lowest BCUT2D eigenvalue weighted by Crippen LogP contribution is -2.36. The Morgan fingerprint density at radius 2 is 1.95 bits per heavy atom. The zero-order valence-electron chi connectivity index (χ0n) is 12.3. The molecule has 0 aliphatic heterocycles. The summed E-state index contributed by atoms with van der Waals surface area (Å²) in [7, 11) is 2.15. The molecule has 0 spiro atoms. The van der Waals surface area contributed by atoms with Crippen LogP contribution in [-0.4, -0.2) is 61.3 Å². The monoisotopic (exact) mass is 286 g/mol. The molecule has 1 aliphatic carbocycles. The smallest absolute Gasteiger partial charge is 0.329 e. The summed E-state index contributed by atoms with van der Waals surface area (Å²) >= 11 is 0. The summed E-state index contributed by atoms with van der Waals surface area (Å²) in [6.07, 6.45) is 7.48. The molecule has 0 aromatic rings. The van der Waals surface area contributed by atoms with Crippen LogP contribution in [0.2, 0.25) is 0 Å². The van der Waals surface area contributed by atoms with E-state index in [1.165, 1.54) is 32.1 Å². The molecule has 1 saturated carbocycles. The molecule has 1 aliphatic rings. The SMILES string of the molecule is CN(CCCNC(=O)COCC(=O)O)C1CCCCC1. The third-order valence-corrected chi connectivity index (χ3v) is 3.67. The van der Waals surface area contributed by atoms with Crippen LogP contribution >= 0.6 is 0 Å². The molecule has 0 aromatic carbocycles. The molecule has 116 valence electrons. The van der Waals surface area contributed by atoms with Gasteiger partial charge in [-0.3, -0.25) is 4.79 Å². The lowest BCUT2D eigenvalue weighted by atomic mass is 9.94. The van der Waals surface area contributed by atoms with E-state index >= 15 is 0 Å². The van der Waals surface area contributed by atoms with E-state index in [0.717, 1.165) is 13.0 Å². The summed E-state index contributed by atoms with van der Waals surface area (Å²) in [4.78, 5) is 23.9. The summed E-state index contributed by atoms with van der Waals surface area (Å²) in [5.41, 5.74) is 0. The summed E-state index contributed by atoms with van der Waals surface area (Å²) in [5, 5.41) is 11.1. The first-order valence-corrected chi connectivity index (χ1v) is 7.36. The Bertz CT molecular complexity index is 304. The maximum atomic E-state index is 11.3. The van der Waals surface area contributed by atoms with Crippen LogP contribution in [0.1, 0.15) is 38.5 Å². The fraction of sp³-hybridized carbons (Fsp3) is 0.857. The summed E-state index contributed by atoms with van der Waals surface area (Å²) in [5.74, 6) is -1.32. The molecule has 0 atom stereocenters. The van der Waals surface area contributed by atoms with Crippen molar-refractivity contribution >= 4 is 11.9 Å². The molecule has 6 heteroatoms. The highest BCUT2D eigenvalue weighted by Gasteiger charge is 2.17. The van der Waals surface area contributed by atoms with Gasteiger partial charge in [0.25, 0.3) is 0 Å². The number of carbonyl (C=O) groups is 2. The molecule has 0 bridgehead atoms. The highest BCUT2D eigenvalue weighted by atomic mass is 16.5. The Kier molecular flexibility index (Phi) is 8.22. The van der Waals surface area contributed by atoms with E-state index in [1.54, 1.807) is 0 Å². The molecule has 0 radical (unpaired) electrons. The number of hydrogen-bond donors (Lipinski definition) is 2. The zero-order chi connectivity index (χ0) is 14.8. The fourth-order valence-electron chi connectivity index (χ4n) is 2.54. The molecule has 1 fully saturated rings. The van der Waals surface area contributed by atoms with Gasteiger partial charge in [-0.2, -0.15) is 0 Å². The molecule has 20 heavy (non-hydrogen) atoms. The van der Waals surface area contributed by atoms with Gasteiger partial charge in [0.2, 0.25) is 5.91 Å². The quantitative estimate of drug-likeness (QED) is 0.615. The predicted octanol–water partition coefficient (Wildman–Crippen LogP) is 0.858. The second-order valence-electron chi connectivity index (χ2n) is 5.36. The highest BCUT2D eigenvalue weighted by molar-refractivity contribution is 5.77. The molecule has 0 heterocycles. The fourth-order valence-corrected chi connectivity index (χ4v) is 2.54. The van der Waals surface area contributed by atoms with Crippen LogP contribution in [0.15, 0.2) is 0 Å². The van der Waals surface area contributed by atoms with Crippen LogP contribution in [0.4, 0.5) is 0 Å². The Morgan fingerprint density at radius 1 is 1.25 bits per heavy atom. The summed E-state index contributed by atoms with van der Waals surface area (Å²) < 4.78 is 4.71. The summed E-state index contributed by atoms with van der Waals surface area (Å²) in [6, 6.07) is 0.693. The zero-order valence-corrected chi connectivity index (χ0v) is 12.3. The van der Waals surface area contributed by atoms with Crippen molar-refractivity contribution in [2.24, 2.45) is 0 Å². The van der Waals surface area contributed by atoms with E-state index in [1.807, 2.05) is 0 Å². The van der Waals surface area contributed by atoms with Crippen LogP contribution in [0, 0.1) is 0 Å². The molecule has 2 N–H and O–H groups in total. The van der Waals surface area contributed by atoms with Gasteiger partial charge < -0.3 is 20.1 Å². The lowest BCUT2D eigenvalue weighted by molar-refractivity contribution is -0.143. The molecular formula is C14H26N2O4. The van der Waals surface area contributed by atoms with Gasteiger partial charge in [0.1, 0.15) is 13.2 Å². The van der Waals surface area contributed by atoms with Crippen molar-refractivity contribution in [3.63, 3.8) is 0 Å². The van der Waals surface area contributed by atoms with Gasteiger partial charge in [-0.1, -0.05) is 19.3 Å². The number of nitrogens with one attached hydrogen (secondary N) is 1. The number of hydrogen-bond acceptors (Lipinski definition) is 4. The van der Waals surface area contributed by atoms with Gasteiger partial charge in [-0.25, -0.2) is 4.79 Å². The normalized spacial score (nSPS) is 16.3. The van der Waals surface area contributed by atoms with E-state index < -0.39 is 12.6 Å². The molecule has 0 saturated heterocycles. The Morgan fingerprint density at radius 3 is 2.60 bits per heavy atom. The summed E-state index contributed by atoms with van der Waals surface area (Å²) in [6.45, 7) is 0.954. The average molecular weight is 286 g/mol. The largest absolute Gasteiger partial charge is 0.480 e. The number of amides is 1. The van der Waals surface area contributed by atoms with E-state index in [0.29, 0.717) is 12.6 Å². The van der Waals surface area contributed by atoms with Crippen LogP contribution < -0.4 is 5.32 Å². The number of carbonyl (C=O) groups excluding carboxylic acids is 1. The average Bonchev–Trinajstić information content (AvgIpc) is 2.44. The molecule has 1 rings (SSSR count). The maximum absolute atomic E-state index is 11.3. The van der Waals surface area contributed by atoms with Gasteiger partial charge in [-0.15, -0.1) is 0 Å². The van der Waals surface area contributed by atoms with Crippen molar-refractivity contribution in [2.75, 3.05) is 33.4 Å². The first-order chi connectivity index (χ1) is 9.59. The van der Waals surface area contributed by atoms with Crippen LogP contribution in [-0.2, 0) is 14.3 Å². The Labute approximate surface area is 120 Å². The Balaban J connectivity index is 2.00. The number of aliphatic carboxylic acids is 1. The van der Waals surface area contributed by atoms with Crippen molar-refractivity contribution in [3.05, 3.63) is 0 Å². The van der Waals surface area contributed by atoms with Crippen LogP contribution in [0.5, 0.6) is 0 Å². The van der Waals surface area contributed by atoms with Crippen molar-refractivity contribution in [1.82, 2.24) is 10.2 Å². The van der Waals surface area contributed by atoms with E-state index in [9.17, 15) is 9.59 Å². The van der Waals surface area contributed by atoms with Crippen molar-refractivity contribution in [3.8, 4) is 0 Å². The number of rotatable bonds is 9. The Hall–Kier alpha value is -1.14. The van der Waals surface area contributed by atoms with Gasteiger partial charge in [0.05, 0.1) is 0 Å². The van der Waals surface area contributed by atoms with Gasteiger partial charge in [0.15, 0.2) is 0 Å². The van der Waals surface area contributed by atoms with Crippen molar-refractivity contribution < 1.29 is 19.4 Å². The number of ether oxygens (including phenoxy) is 1. The highest BCUT2D eigenvalue weighted by Crippen LogP contribution is 2.21. The second kappa shape index (κ2) is 9.72. The molecule has 0 unspecified atom stereocenters. The first-order valence-electron chi connectivity index (χ1n) is 7.36. The van der Waals surface area contributed by atoms with E-state index in [2.05, 4.69) is 17.3 Å². The van der Waals surface area contributed by atoms with Gasteiger partial charge in [0, 0.05) is 12.6 Å². The first kappa shape index (κ1) is 16.9. The number of carboxylic acids is 1. The standard InChI is InChI=1S/C14H26N2O4/c1-16(12-6-3-2-4-7-12)9-5-8-15-13(17)10-20-11-14(18)19/h12H,2-11H2,1H3,(H,15,17)(H,18,19). The molecular weight excluding hydrogens is 260 g/mol. The molecule has 0 aromatic heterocycles. The number of nitrogens with zero attached hydrogens (tertiary/aromatic N) is 1. The van der Waals surface area contributed by atoms with Crippen LogP contribution in [0.25, 0.3) is 0 Å². The van der Waals surface area contributed by atoms with Gasteiger partial charge in [-0.05, 0) is 32.9 Å². The third kappa shape index (κ3) is 7.45. The molecule has 6 nitrogen and oxygen atoms in total. The van der Waals surface area contributed by atoms with E-state index in [4.69, 9.17) is 9.84 Å². The maximum Gasteiger partial charge on any atom is 0.329 e. The topological polar surface area (TPSA) is 78.9 Å². The minimum Gasteiger partial charge on any atom is -0.480 e. The minimum absolute atomic E-state index is 0.190. The van der Waals surface area contributed by atoms with Crippen LogP contribution in [0.3, 0.4) is 0 Å². The second-order valence-corrected chi connectivity index (χ2v) is 5.36. The predicted molar refractivity (Wildman–Crippen MR) is 75.6 cm³/mol. The van der Waals surface area contributed by atoms with E-state index in [-0.39, 0.29) is 12.5 Å². The van der Waals surface area contributed by atoms with Crippen molar-refractivity contribution in [1.29, 1.82) is 0 Å². The minimum atomic E-state index is -1.06.